The molecule has 0 spiro atoms. The number of nitrogens with two attached hydrogens (primary N) is 1. The topological polar surface area (TPSA) is 43.8 Å². The number of aromatic nitrogens is 2. The van der Waals surface area contributed by atoms with Gasteiger partial charge in [0, 0.05) is 30.9 Å². The molecular weight excluding hydrogens is 338 g/mol. The molecule has 0 atom stereocenters. The number of thiocarbonyl (C=S) groups is 1. The molecule has 0 saturated heterocycles. The van der Waals surface area contributed by atoms with Crippen molar-refractivity contribution >= 4 is 17.2 Å². The van der Waals surface area contributed by atoms with E-state index >= 15 is 0 Å². The molecule has 0 unspecified atom stereocenters. The first-order chi connectivity index (χ1) is 12.3. The van der Waals surface area contributed by atoms with Gasteiger partial charge in [0.1, 0.15) is 10.8 Å². The summed E-state index contributed by atoms with van der Waals surface area (Å²) in [6.45, 7) is 7.40. The van der Waals surface area contributed by atoms with E-state index in [2.05, 4.69) is 60.7 Å². The highest BCUT2D eigenvalue weighted by Gasteiger charge is 2.13. The van der Waals surface area contributed by atoms with Crippen molar-refractivity contribution in [2.24, 2.45) is 5.73 Å². The third kappa shape index (κ3) is 4.20. The van der Waals surface area contributed by atoms with E-state index in [1.165, 1.54) is 11.1 Å². The minimum absolute atomic E-state index is 0.168. The Labute approximate surface area is 160 Å². The summed E-state index contributed by atoms with van der Waals surface area (Å²) in [6, 6.07) is 16.8. The highest BCUT2D eigenvalue weighted by molar-refractivity contribution is 7.80. The average molecular weight is 364 g/mol. The zero-order chi connectivity index (χ0) is 18.7. The summed E-state index contributed by atoms with van der Waals surface area (Å²) >= 11 is 5.18. The van der Waals surface area contributed by atoms with Crippen LogP contribution in [0.4, 0.5) is 0 Å². The number of hydrogen-bond donors (Lipinski definition) is 1. The Hall–Kier alpha value is -2.46. The summed E-state index contributed by atoms with van der Waals surface area (Å²) in [7, 11) is 0. The van der Waals surface area contributed by atoms with Crippen LogP contribution in [-0.2, 0) is 18.4 Å². The molecule has 0 aliphatic carbocycles. The van der Waals surface area contributed by atoms with E-state index in [0.29, 0.717) is 11.5 Å². The van der Waals surface area contributed by atoms with Crippen molar-refractivity contribution in [1.82, 2.24) is 9.55 Å². The maximum atomic E-state index is 5.86. The fourth-order valence-electron chi connectivity index (χ4n) is 3.04. The predicted molar refractivity (Wildman–Crippen MR) is 112 cm³/mol. The molecule has 0 amide bonds. The second-order valence-electron chi connectivity index (χ2n) is 7.62. The van der Waals surface area contributed by atoms with E-state index in [0.717, 1.165) is 23.4 Å². The minimum atomic E-state index is 0.168. The molecule has 0 aliphatic heterocycles. The van der Waals surface area contributed by atoms with Crippen molar-refractivity contribution in [3.63, 3.8) is 0 Å². The molecule has 1 aromatic heterocycles. The largest absolute Gasteiger partial charge is 0.389 e. The molecule has 0 saturated carbocycles. The second-order valence-corrected chi connectivity index (χ2v) is 8.06. The monoisotopic (exact) mass is 363 g/mol. The highest BCUT2D eigenvalue weighted by Crippen LogP contribution is 2.23. The quantitative estimate of drug-likeness (QED) is 0.681. The van der Waals surface area contributed by atoms with E-state index < -0.39 is 0 Å². The molecule has 2 N–H and O–H groups in total. The van der Waals surface area contributed by atoms with Crippen LogP contribution in [0.2, 0.25) is 0 Å². The third-order valence-corrected chi connectivity index (χ3v) is 4.83. The molecule has 3 aromatic rings. The van der Waals surface area contributed by atoms with Crippen LogP contribution in [0.25, 0.3) is 0 Å². The summed E-state index contributed by atoms with van der Waals surface area (Å²) in [5.74, 6) is 1.03. The fourth-order valence-corrected chi connectivity index (χ4v) is 3.24. The number of hydrogen-bond acceptors (Lipinski definition) is 2. The first kappa shape index (κ1) is 18.3. The lowest BCUT2D eigenvalue weighted by atomic mass is 9.86. The Balaban J connectivity index is 1.80. The van der Waals surface area contributed by atoms with Crippen LogP contribution >= 0.6 is 12.2 Å². The van der Waals surface area contributed by atoms with Gasteiger partial charge in [-0.05, 0) is 22.1 Å². The van der Waals surface area contributed by atoms with E-state index in [-0.39, 0.29) is 5.41 Å². The van der Waals surface area contributed by atoms with Crippen LogP contribution in [0.15, 0.2) is 60.9 Å². The molecule has 3 nitrogen and oxygen atoms in total. The van der Waals surface area contributed by atoms with Gasteiger partial charge in [-0.15, -0.1) is 0 Å². The highest BCUT2D eigenvalue weighted by atomic mass is 32.1. The van der Waals surface area contributed by atoms with Crippen LogP contribution in [0.3, 0.4) is 0 Å². The average Bonchev–Trinajstić information content (AvgIpc) is 3.02. The second kappa shape index (κ2) is 7.42. The van der Waals surface area contributed by atoms with E-state index in [1.54, 1.807) is 0 Å². The van der Waals surface area contributed by atoms with Crippen LogP contribution in [0, 0.1) is 0 Å². The van der Waals surface area contributed by atoms with Gasteiger partial charge in [-0.25, -0.2) is 4.98 Å². The lowest BCUT2D eigenvalue weighted by Crippen LogP contribution is -2.14. The van der Waals surface area contributed by atoms with Crippen LogP contribution in [-0.4, -0.2) is 14.5 Å². The maximum absolute atomic E-state index is 5.86. The Morgan fingerprint density at radius 1 is 1.08 bits per heavy atom. The number of rotatable bonds is 5. The Kier molecular flexibility index (Phi) is 5.23. The lowest BCUT2D eigenvalue weighted by molar-refractivity contribution is 0.590. The summed E-state index contributed by atoms with van der Waals surface area (Å²) in [6.07, 6.45) is 4.66. The summed E-state index contributed by atoms with van der Waals surface area (Å²) < 4.78 is 2.16. The molecule has 134 valence electrons. The van der Waals surface area contributed by atoms with Gasteiger partial charge in [0.05, 0.1) is 0 Å². The fraction of sp³-hybridized carbons (Fsp3) is 0.273. The molecule has 1 heterocycles. The van der Waals surface area contributed by atoms with E-state index in [9.17, 15) is 0 Å². The standard InChI is InChI=1S/C22H25N3S/c1-22(2,3)18-10-8-16(9-11-18)14-20-24-12-13-25(20)15-17-6-4-5-7-19(17)21(23)26/h4-13H,14-15H2,1-3H3,(H2,23,26). The molecule has 0 fully saturated rings. The molecule has 0 bridgehead atoms. The SMILES string of the molecule is CC(C)(C)c1ccc(Cc2nccn2Cc2ccccc2C(N)=S)cc1. The normalized spacial score (nSPS) is 11.5. The van der Waals surface area contributed by atoms with Crippen LogP contribution in [0.5, 0.6) is 0 Å². The summed E-state index contributed by atoms with van der Waals surface area (Å²) in [5, 5.41) is 0. The van der Waals surface area contributed by atoms with Gasteiger partial charge in [0.15, 0.2) is 0 Å². The Morgan fingerprint density at radius 3 is 2.42 bits per heavy atom. The van der Waals surface area contributed by atoms with Crippen molar-refractivity contribution in [3.05, 3.63) is 89.0 Å². The number of nitrogens with zero attached hydrogens (tertiary/aromatic N) is 2. The Bertz CT molecular complexity index is 902. The van der Waals surface area contributed by atoms with E-state index in [4.69, 9.17) is 18.0 Å². The van der Waals surface area contributed by atoms with Gasteiger partial charge >= 0.3 is 0 Å². The van der Waals surface area contributed by atoms with E-state index in [1.807, 2.05) is 30.6 Å². The maximum Gasteiger partial charge on any atom is 0.113 e. The van der Waals surface area contributed by atoms with Gasteiger partial charge < -0.3 is 10.3 Å². The van der Waals surface area contributed by atoms with Crippen LogP contribution in [0.1, 0.15) is 48.8 Å². The molecule has 0 radical (unpaired) electrons. The molecule has 2 aromatic carbocycles. The lowest BCUT2D eigenvalue weighted by Gasteiger charge is -2.19. The zero-order valence-electron chi connectivity index (χ0n) is 15.6. The molecule has 0 aliphatic rings. The van der Waals surface area contributed by atoms with Crippen molar-refractivity contribution < 1.29 is 0 Å². The predicted octanol–water partition coefficient (Wildman–Crippen LogP) is 4.45. The molecular formula is C22H25N3S. The van der Waals surface area contributed by atoms with Gasteiger partial charge in [-0.3, -0.25) is 0 Å². The smallest absolute Gasteiger partial charge is 0.113 e. The number of imidazole rings is 1. The summed E-state index contributed by atoms with van der Waals surface area (Å²) in [5.41, 5.74) is 10.7. The third-order valence-electron chi connectivity index (χ3n) is 4.61. The van der Waals surface area contributed by atoms with Crippen LogP contribution < -0.4 is 5.73 Å². The zero-order valence-corrected chi connectivity index (χ0v) is 16.4. The first-order valence-electron chi connectivity index (χ1n) is 8.82. The van der Waals surface area contributed by atoms with Gasteiger partial charge in [-0.1, -0.05) is 81.5 Å². The van der Waals surface area contributed by atoms with Crippen molar-refractivity contribution in [2.75, 3.05) is 0 Å². The Morgan fingerprint density at radius 2 is 1.77 bits per heavy atom. The minimum Gasteiger partial charge on any atom is -0.389 e. The molecule has 3 rings (SSSR count). The molecule has 4 heteroatoms. The number of benzene rings is 2. The van der Waals surface area contributed by atoms with Gasteiger partial charge in [0.25, 0.3) is 0 Å². The van der Waals surface area contributed by atoms with Crippen molar-refractivity contribution in [2.45, 2.75) is 39.2 Å². The van der Waals surface area contributed by atoms with Crippen molar-refractivity contribution in [1.29, 1.82) is 0 Å². The first-order valence-corrected chi connectivity index (χ1v) is 9.22. The van der Waals surface area contributed by atoms with Gasteiger partial charge in [0.2, 0.25) is 0 Å². The van der Waals surface area contributed by atoms with Gasteiger partial charge in [-0.2, -0.15) is 0 Å². The molecule has 26 heavy (non-hydrogen) atoms. The van der Waals surface area contributed by atoms with Crippen molar-refractivity contribution in [3.8, 4) is 0 Å². The summed E-state index contributed by atoms with van der Waals surface area (Å²) in [4.78, 5) is 4.98.